The first kappa shape index (κ1) is 12.8. The normalized spacial score (nSPS) is 12.4. The summed E-state index contributed by atoms with van der Waals surface area (Å²) >= 11 is 5.78. The highest BCUT2D eigenvalue weighted by molar-refractivity contribution is 6.30. The number of nitrogens with two attached hydrogens (primary N) is 1. The van der Waals surface area contributed by atoms with Crippen LogP contribution in [0.2, 0.25) is 5.02 Å². The third-order valence-corrected chi connectivity index (χ3v) is 2.49. The molecule has 0 aromatic heterocycles. The van der Waals surface area contributed by atoms with Crippen molar-refractivity contribution in [2.24, 2.45) is 5.73 Å². The van der Waals surface area contributed by atoms with E-state index >= 15 is 0 Å². The first-order valence-corrected chi connectivity index (χ1v) is 5.31. The Balaban J connectivity index is 2.58. The topological polar surface area (TPSA) is 83.6 Å². The van der Waals surface area contributed by atoms with Gasteiger partial charge < -0.3 is 15.9 Å². The molecule has 0 aliphatic carbocycles. The van der Waals surface area contributed by atoms with Crippen LogP contribution in [0.5, 0.6) is 5.75 Å². The van der Waals surface area contributed by atoms with Crippen molar-refractivity contribution in [1.82, 2.24) is 0 Å². The molecule has 88 valence electrons. The van der Waals surface area contributed by atoms with Gasteiger partial charge in [-0.1, -0.05) is 11.6 Å². The highest BCUT2D eigenvalue weighted by atomic mass is 35.5. The summed E-state index contributed by atoms with van der Waals surface area (Å²) in [5.41, 5.74) is 6.40. The molecule has 0 radical (unpaired) electrons. The van der Waals surface area contributed by atoms with Gasteiger partial charge in [-0.3, -0.25) is 4.79 Å². The van der Waals surface area contributed by atoms with Crippen LogP contribution in [-0.2, 0) is 11.2 Å². The van der Waals surface area contributed by atoms with Gasteiger partial charge in [-0.25, -0.2) is 0 Å². The number of carbonyl (C=O) groups is 1. The number of aromatic hydroxyl groups is 1. The van der Waals surface area contributed by atoms with E-state index in [2.05, 4.69) is 0 Å². The first-order chi connectivity index (χ1) is 7.49. The molecule has 1 unspecified atom stereocenters. The number of rotatable bonds is 5. The summed E-state index contributed by atoms with van der Waals surface area (Å²) < 4.78 is 0. The number of carboxylic acid groups (broad SMARTS) is 1. The lowest BCUT2D eigenvalue weighted by atomic mass is 10.0. The molecular weight excluding hydrogens is 230 g/mol. The molecule has 0 amide bonds. The van der Waals surface area contributed by atoms with Crippen molar-refractivity contribution >= 4 is 17.6 Å². The fourth-order valence-corrected chi connectivity index (χ4v) is 1.61. The quantitative estimate of drug-likeness (QED) is 0.736. The molecule has 0 heterocycles. The molecule has 4 nitrogen and oxygen atoms in total. The monoisotopic (exact) mass is 243 g/mol. The van der Waals surface area contributed by atoms with Crippen molar-refractivity contribution in [3.8, 4) is 5.75 Å². The molecule has 0 saturated carbocycles. The fourth-order valence-electron chi connectivity index (χ4n) is 1.41. The maximum atomic E-state index is 10.4. The van der Waals surface area contributed by atoms with E-state index in [1.165, 1.54) is 6.07 Å². The molecule has 1 atom stereocenters. The van der Waals surface area contributed by atoms with Crippen LogP contribution in [0.3, 0.4) is 0 Å². The summed E-state index contributed by atoms with van der Waals surface area (Å²) in [6.07, 6.45) is 0.823. The minimum atomic E-state index is -0.870. The van der Waals surface area contributed by atoms with E-state index in [-0.39, 0.29) is 18.2 Å². The number of aliphatic carboxylic acids is 1. The smallest absolute Gasteiger partial charge is 0.303 e. The Labute approximate surface area is 98.6 Å². The van der Waals surface area contributed by atoms with Crippen LogP contribution in [0.1, 0.15) is 18.4 Å². The average Bonchev–Trinajstić information content (AvgIpc) is 2.20. The lowest BCUT2D eigenvalue weighted by molar-refractivity contribution is -0.137. The van der Waals surface area contributed by atoms with E-state index in [0.717, 1.165) is 0 Å². The van der Waals surface area contributed by atoms with E-state index in [1.807, 2.05) is 0 Å². The van der Waals surface area contributed by atoms with Crippen LogP contribution in [-0.4, -0.2) is 22.2 Å². The molecule has 0 spiro atoms. The second-order valence-corrected chi connectivity index (χ2v) is 4.11. The molecule has 16 heavy (non-hydrogen) atoms. The van der Waals surface area contributed by atoms with Gasteiger partial charge in [0.15, 0.2) is 0 Å². The highest BCUT2D eigenvalue weighted by Crippen LogP contribution is 2.23. The largest absolute Gasteiger partial charge is 0.508 e. The number of carboxylic acids is 1. The third-order valence-electron chi connectivity index (χ3n) is 2.25. The Morgan fingerprint density at radius 1 is 1.50 bits per heavy atom. The molecular formula is C11H14ClNO3. The number of hydrogen-bond donors (Lipinski definition) is 3. The van der Waals surface area contributed by atoms with Gasteiger partial charge >= 0.3 is 5.97 Å². The predicted octanol–water partition coefficient (Wildman–Crippen LogP) is 1.78. The Morgan fingerprint density at radius 3 is 2.81 bits per heavy atom. The molecule has 0 saturated heterocycles. The van der Waals surface area contributed by atoms with E-state index in [9.17, 15) is 9.90 Å². The number of phenolic OH excluding ortho intramolecular Hbond substituents is 1. The summed E-state index contributed by atoms with van der Waals surface area (Å²) in [5, 5.41) is 18.6. The molecule has 4 N–H and O–H groups in total. The molecule has 5 heteroatoms. The Bertz CT molecular complexity index is 381. The summed E-state index contributed by atoms with van der Waals surface area (Å²) in [6.45, 7) is 0. The molecule has 0 bridgehead atoms. The van der Waals surface area contributed by atoms with Crippen LogP contribution in [0, 0.1) is 0 Å². The maximum Gasteiger partial charge on any atom is 0.303 e. The van der Waals surface area contributed by atoms with Gasteiger partial charge in [0.2, 0.25) is 0 Å². The SMILES string of the molecule is NC(CCC(=O)O)Cc1cc(Cl)ccc1O. The van der Waals surface area contributed by atoms with Gasteiger partial charge in [0, 0.05) is 17.5 Å². The van der Waals surface area contributed by atoms with Crippen molar-refractivity contribution in [3.05, 3.63) is 28.8 Å². The lowest BCUT2D eigenvalue weighted by Gasteiger charge is -2.11. The van der Waals surface area contributed by atoms with Crippen LogP contribution in [0.15, 0.2) is 18.2 Å². The first-order valence-electron chi connectivity index (χ1n) is 4.94. The van der Waals surface area contributed by atoms with E-state index in [1.54, 1.807) is 12.1 Å². The molecule has 1 aromatic rings. The van der Waals surface area contributed by atoms with E-state index in [4.69, 9.17) is 22.4 Å². The Kier molecular flexibility index (Phi) is 4.58. The third kappa shape index (κ3) is 4.08. The van der Waals surface area contributed by atoms with E-state index in [0.29, 0.717) is 23.4 Å². The van der Waals surface area contributed by atoms with Gasteiger partial charge in [0.05, 0.1) is 0 Å². The summed E-state index contributed by atoms with van der Waals surface area (Å²) in [6, 6.07) is 4.43. The van der Waals surface area contributed by atoms with Gasteiger partial charge in [-0.2, -0.15) is 0 Å². The second-order valence-electron chi connectivity index (χ2n) is 3.67. The standard InChI is InChI=1S/C11H14ClNO3/c12-8-1-3-10(14)7(5-8)6-9(13)2-4-11(15)16/h1,3,5,9,14H,2,4,6,13H2,(H,15,16). The zero-order valence-electron chi connectivity index (χ0n) is 8.69. The fraction of sp³-hybridized carbons (Fsp3) is 0.364. The van der Waals surface area contributed by atoms with Crippen LogP contribution in [0.25, 0.3) is 0 Å². The van der Waals surface area contributed by atoms with Gasteiger partial charge in [-0.05, 0) is 36.6 Å². The molecule has 1 aromatic carbocycles. The van der Waals surface area contributed by atoms with E-state index < -0.39 is 5.97 Å². The maximum absolute atomic E-state index is 10.4. The van der Waals surface area contributed by atoms with Crippen LogP contribution >= 0.6 is 11.6 Å². The number of benzene rings is 1. The minimum absolute atomic E-state index is 0.0303. The predicted molar refractivity (Wildman–Crippen MR) is 61.7 cm³/mol. The zero-order valence-corrected chi connectivity index (χ0v) is 9.44. The second kappa shape index (κ2) is 5.72. The Morgan fingerprint density at radius 2 is 2.19 bits per heavy atom. The zero-order chi connectivity index (χ0) is 12.1. The lowest BCUT2D eigenvalue weighted by Crippen LogP contribution is -2.23. The average molecular weight is 244 g/mol. The summed E-state index contributed by atoms with van der Waals surface area (Å²) in [5.74, 6) is -0.735. The van der Waals surface area contributed by atoms with Crippen molar-refractivity contribution in [2.75, 3.05) is 0 Å². The van der Waals surface area contributed by atoms with Gasteiger partial charge in [0.1, 0.15) is 5.75 Å². The van der Waals surface area contributed by atoms with Crippen molar-refractivity contribution in [1.29, 1.82) is 0 Å². The van der Waals surface area contributed by atoms with Gasteiger partial charge in [-0.15, -0.1) is 0 Å². The van der Waals surface area contributed by atoms with Crippen LogP contribution < -0.4 is 5.73 Å². The number of phenols is 1. The summed E-state index contributed by atoms with van der Waals surface area (Å²) in [4.78, 5) is 10.4. The minimum Gasteiger partial charge on any atom is -0.508 e. The van der Waals surface area contributed by atoms with Crippen molar-refractivity contribution < 1.29 is 15.0 Å². The molecule has 0 fully saturated rings. The number of halogens is 1. The number of hydrogen-bond acceptors (Lipinski definition) is 3. The molecule has 1 rings (SSSR count). The van der Waals surface area contributed by atoms with Crippen molar-refractivity contribution in [2.45, 2.75) is 25.3 Å². The summed E-state index contributed by atoms with van der Waals surface area (Å²) in [7, 11) is 0. The van der Waals surface area contributed by atoms with Crippen LogP contribution in [0.4, 0.5) is 0 Å². The van der Waals surface area contributed by atoms with Crippen molar-refractivity contribution in [3.63, 3.8) is 0 Å². The molecule has 0 aliphatic heterocycles. The Hall–Kier alpha value is -1.26. The van der Waals surface area contributed by atoms with Gasteiger partial charge in [0.25, 0.3) is 0 Å². The molecule has 0 aliphatic rings. The highest BCUT2D eigenvalue weighted by Gasteiger charge is 2.10.